The molecular weight excluding hydrogens is 130 g/mol. The number of rotatable bonds is 0. The number of nitrogens with two attached hydrogens (primary N) is 2. The zero-order chi connectivity index (χ0) is 7.56. The maximum absolute atomic E-state index is 6.66. The lowest BCUT2D eigenvalue weighted by molar-refractivity contribution is 0.0233. The van der Waals surface area contributed by atoms with E-state index in [-0.39, 0.29) is 18.3 Å². The Morgan fingerprint density at radius 1 is 1.40 bits per heavy atom. The molecule has 0 aromatic carbocycles. The molecule has 1 saturated heterocycles. The Morgan fingerprint density at radius 2 is 2.10 bits per heavy atom. The van der Waals surface area contributed by atoms with Gasteiger partial charge in [-0.05, 0) is 0 Å². The van der Waals surface area contributed by atoms with Crippen molar-refractivity contribution in [1.82, 2.24) is 0 Å². The molecule has 0 aromatic rings. The van der Waals surface area contributed by atoms with E-state index < -0.39 is 0 Å². The van der Waals surface area contributed by atoms with Gasteiger partial charge in [0, 0.05) is 12.1 Å². The maximum Gasteiger partial charge on any atom is 0.329 e. The molecule has 0 spiro atoms. The second-order valence-electron chi connectivity index (χ2n) is 2.48. The highest BCUT2D eigenvalue weighted by molar-refractivity contribution is 4.86. The van der Waals surface area contributed by atoms with E-state index in [2.05, 4.69) is 4.85 Å². The van der Waals surface area contributed by atoms with Gasteiger partial charge < -0.3 is 16.2 Å². The average molecular weight is 141 g/mol. The van der Waals surface area contributed by atoms with Crippen LogP contribution in [0.4, 0.5) is 0 Å². The SMILES string of the molecule is [C-]#[N+][C@H]1C[C@@H](N)[C@@H](N)CO1. The van der Waals surface area contributed by atoms with Crippen molar-refractivity contribution in [2.75, 3.05) is 6.61 Å². The lowest BCUT2D eigenvalue weighted by Crippen LogP contribution is -2.50. The van der Waals surface area contributed by atoms with Crippen LogP contribution in [0.2, 0.25) is 0 Å². The predicted molar refractivity (Wildman–Crippen MR) is 36.9 cm³/mol. The van der Waals surface area contributed by atoms with E-state index in [0.29, 0.717) is 13.0 Å². The van der Waals surface area contributed by atoms with Crippen molar-refractivity contribution in [1.29, 1.82) is 0 Å². The summed E-state index contributed by atoms with van der Waals surface area (Å²) in [4.78, 5) is 3.22. The van der Waals surface area contributed by atoms with Crippen LogP contribution in [0, 0.1) is 6.57 Å². The van der Waals surface area contributed by atoms with Crippen molar-refractivity contribution >= 4 is 0 Å². The Bertz CT molecular complexity index is 154. The Morgan fingerprint density at radius 3 is 2.60 bits per heavy atom. The molecule has 1 fully saturated rings. The van der Waals surface area contributed by atoms with Gasteiger partial charge in [-0.2, -0.15) is 0 Å². The van der Waals surface area contributed by atoms with Crippen LogP contribution in [0.15, 0.2) is 0 Å². The summed E-state index contributed by atoms with van der Waals surface area (Å²) in [5.74, 6) is 0. The normalized spacial score (nSPS) is 40.7. The number of ether oxygens (including phenoxy) is 1. The molecule has 0 bridgehead atoms. The molecule has 1 rings (SSSR count). The molecule has 4 nitrogen and oxygen atoms in total. The fourth-order valence-corrected chi connectivity index (χ4v) is 0.911. The summed E-state index contributed by atoms with van der Waals surface area (Å²) >= 11 is 0. The van der Waals surface area contributed by atoms with Crippen molar-refractivity contribution < 1.29 is 4.74 Å². The molecule has 10 heavy (non-hydrogen) atoms. The van der Waals surface area contributed by atoms with E-state index in [1.165, 1.54) is 0 Å². The van der Waals surface area contributed by atoms with Crippen molar-refractivity contribution in [2.45, 2.75) is 24.7 Å². The summed E-state index contributed by atoms with van der Waals surface area (Å²) in [5.41, 5.74) is 11.1. The Kier molecular flexibility index (Phi) is 2.22. The van der Waals surface area contributed by atoms with Crippen LogP contribution in [-0.2, 0) is 4.74 Å². The highest BCUT2D eigenvalue weighted by Crippen LogP contribution is 2.11. The van der Waals surface area contributed by atoms with Crippen LogP contribution in [0.1, 0.15) is 6.42 Å². The standard InChI is InChI=1S/C6H11N3O/c1-9-6-2-4(7)5(8)3-10-6/h4-6H,2-3,7-8H2/t4-,5+,6-/m1/s1. The lowest BCUT2D eigenvalue weighted by Gasteiger charge is -2.25. The van der Waals surface area contributed by atoms with Crippen molar-refractivity contribution in [3.05, 3.63) is 11.4 Å². The summed E-state index contributed by atoms with van der Waals surface area (Å²) < 4.78 is 5.05. The van der Waals surface area contributed by atoms with Gasteiger partial charge in [-0.1, -0.05) is 0 Å². The first-order chi connectivity index (χ1) is 4.74. The molecule has 56 valence electrons. The fraction of sp³-hybridized carbons (Fsp3) is 0.833. The van der Waals surface area contributed by atoms with Crippen LogP contribution >= 0.6 is 0 Å². The van der Waals surface area contributed by atoms with E-state index in [1.54, 1.807) is 0 Å². The second kappa shape index (κ2) is 2.97. The molecule has 0 radical (unpaired) electrons. The molecule has 0 saturated carbocycles. The van der Waals surface area contributed by atoms with Crippen molar-refractivity contribution in [3.63, 3.8) is 0 Å². The molecule has 0 aliphatic carbocycles. The Balaban J connectivity index is 2.42. The first-order valence-electron chi connectivity index (χ1n) is 3.23. The molecule has 1 aliphatic heterocycles. The van der Waals surface area contributed by atoms with Gasteiger partial charge in [-0.15, -0.1) is 0 Å². The van der Waals surface area contributed by atoms with Crippen molar-refractivity contribution in [2.24, 2.45) is 11.5 Å². The quantitative estimate of drug-likeness (QED) is 0.439. The highest BCUT2D eigenvalue weighted by atomic mass is 16.5. The van der Waals surface area contributed by atoms with E-state index in [0.717, 1.165) is 0 Å². The van der Waals surface area contributed by atoms with Crippen LogP contribution in [0.25, 0.3) is 4.85 Å². The second-order valence-corrected chi connectivity index (χ2v) is 2.48. The molecule has 4 heteroatoms. The molecule has 0 unspecified atom stereocenters. The topological polar surface area (TPSA) is 65.6 Å². The monoisotopic (exact) mass is 141 g/mol. The molecule has 3 atom stereocenters. The first-order valence-corrected chi connectivity index (χ1v) is 3.23. The average Bonchev–Trinajstić information content (AvgIpc) is 1.95. The third-order valence-corrected chi connectivity index (χ3v) is 1.65. The summed E-state index contributed by atoms with van der Waals surface area (Å²) in [6.07, 6.45) is 0.194. The minimum atomic E-state index is -0.366. The van der Waals surface area contributed by atoms with Gasteiger partial charge in [-0.25, -0.2) is 6.57 Å². The molecule has 0 amide bonds. The third kappa shape index (κ3) is 1.45. The van der Waals surface area contributed by atoms with Crippen LogP contribution in [-0.4, -0.2) is 24.9 Å². The zero-order valence-corrected chi connectivity index (χ0v) is 5.66. The zero-order valence-electron chi connectivity index (χ0n) is 5.66. The first kappa shape index (κ1) is 7.48. The summed E-state index contributed by atoms with van der Waals surface area (Å²) in [7, 11) is 0. The van der Waals surface area contributed by atoms with Gasteiger partial charge in [0.1, 0.15) is 0 Å². The van der Waals surface area contributed by atoms with Crippen LogP contribution in [0.5, 0.6) is 0 Å². The molecule has 4 N–H and O–H groups in total. The van der Waals surface area contributed by atoms with Gasteiger partial charge in [0.05, 0.1) is 13.0 Å². The highest BCUT2D eigenvalue weighted by Gasteiger charge is 2.28. The summed E-state index contributed by atoms with van der Waals surface area (Å²) in [6, 6.07) is -0.175. The van der Waals surface area contributed by atoms with E-state index in [4.69, 9.17) is 22.8 Å². The molecular formula is C6H11N3O. The predicted octanol–water partition coefficient (Wildman–Crippen LogP) is -0.693. The van der Waals surface area contributed by atoms with E-state index in [1.807, 2.05) is 0 Å². The van der Waals surface area contributed by atoms with Crippen molar-refractivity contribution in [3.8, 4) is 0 Å². The number of nitrogens with zero attached hydrogens (tertiary/aromatic N) is 1. The third-order valence-electron chi connectivity index (χ3n) is 1.65. The fourth-order valence-electron chi connectivity index (χ4n) is 0.911. The maximum atomic E-state index is 6.66. The van der Waals surface area contributed by atoms with Gasteiger partial charge in [0.2, 0.25) is 0 Å². The van der Waals surface area contributed by atoms with E-state index >= 15 is 0 Å². The Labute approximate surface area is 60.0 Å². The molecule has 0 aromatic heterocycles. The summed E-state index contributed by atoms with van der Waals surface area (Å²) in [5, 5.41) is 0. The number of hydrogen-bond donors (Lipinski definition) is 2. The lowest BCUT2D eigenvalue weighted by atomic mass is 10.0. The largest absolute Gasteiger partial charge is 0.329 e. The minimum absolute atomic E-state index is 0.0761. The van der Waals surface area contributed by atoms with Crippen LogP contribution < -0.4 is 11.5 Å². The van der Waals surface area contributed by atoms with Gasteiger partial charge in [0.25, 0.3) is 0 Å². The molecule has 1 heterocycles. The smallest absolute Gasteiger partial charge is 0.326 e. The minimum Gasteiger partial charge on any atom is -0.326 e. The van der Waals surface area contributed by atoms with Crippen LogP contribution in [0.3, 0.4) is 0 Å². The summed E-state index contributed by atoms with van der Waals surface area (Å²) in [6.45, 7) is 7.07. The van der Waals surface area contributed by atoms with Gasteiger partial charge in [0.15, 0.2) is 0 Å². The van der Waals surface area contributed by atoms with Gasteiger partial charge >= 0.3 is 6.23 Å². The van der Waals surface area contributed by atoms with Gasteiger partial charge in [-0.3, -0.25) is 4.85 Å². The molecule has 1 aliphatic rings. The number of hydrogen-bond acceptors (Lipinski definition) is 3. The van der Waals surface area contributed by atoms with E-state index in [9.17, 15) is 0 Å². The Hall–Kier alpha value is -0.630.